The Kier molecular flexibility index (Phi) is 5.17. The Hall–Kier alpha value is -3.40. The third-order valence-electron chi connectivity index (χ3n) is 4.99. The molecule has 1 aromatic heterocycles. The molecular weight excluding hydrogens is 365 g/mol. The standard InChI is InChI=1S/C25H22FNO2/c1-16(2)24-22(18-11-13-19(26)14-12-18)23-20(25(28)27-24)9-6-10-21(23)29-15-17-7-4-3-5-8-17/h3-14,16H,15H2,1-2H3,(H,27,28). The third-order valence-corrected chi connectivity index (χ3v) is 4.99. The lowest BCUT2D eigenvalue weighted by atomic mass is 9.92. The van der Waals surface area contributed by atoms with Crippen LogP contribution in [0.15, 0.2) is 77.6 Å². The van der Waals surface area contributed by atoms with Gasteiger partial charge in [-0.15, -0.1) is 0 Å². The molecule has 3 aromatic carbocycles. The molecule has 0 aliphatic heterocycles. The zero-order valence-corrected chi connectivity index (χ0v) is 16.4. The van der Waals surface area contributed by atoms with Crippen molar-refractivity contribution < 1.29 is 9.13 Å². The van der Waals surface area contributed by atoms with Crippen molar-refractivity contribution in [3.63, 3.8) is 0 Å². The van der Waals surface area contributed by atoms with Gasteiger partial charge in [0.25, 0.3) is 5.56 Å². The van der Waals surface area contributed by atoms with Crippen molar-refractivity contribution in [1.29, 1.82) is 0 Å². The molecule has 4 heteroatoms. The fourth-order valence-corrected chi connectivity index (χ4v) is 3.57. The van der Waals surface area contributed by atoms with Crippen LogP contribution in [0.1, 0.15) is 31.0 Å². The van der Waals surface area contributed by atoms with Crippen molar-refractivity contribution in [3.8, 4) is 16.9 Å². The average molecular weight is 387 g/mol. The van der Waals surface area contributed by atoms with Gasteiger partial charge in [0.1, 0.15) is 18.2 Å². The minimum atomic E-state index is -0.297. The first-order chi connectivity index (χ1) is 14.0. The number of nitrogens with one attached hydrogen (secondary N) is 1. The van der Waals surface area contributed by atoms with Crippen molar-refractivity contribution in [2.24, 2.45) is 0 Å². The molecule has 4 aromatic rings. The fourth-order valence-electron chi connectivity index (χ4n) is 3.57. The highest BCUT2D eigenvalue weighted by Gasteiger charge is 2.19. The summed E-state index contributed by atoms with van der Waals surface area (Å²) in [5.41, 5.74) is 3.41. The molecule has 0 bridgehead atoms. The van der Waals surface area contributed by atoms with E-state index in [4.69, 9.17) is 4.74 Å². The Labute approximate surface area is 168 Å². The van der Waals surface area contributed by atoms with Crippen molar-refractivity contribution >= 4 is 10.8 Å². The molecule has 146 valence electrons. The van der Waals surface area contributed by atoms with Gasteiger partial charge in [0.05, 0.1) is 5.39 Å². The largest absolute Gasteiger partial charge is 0.488 e. The van der Waals surface area contributed by atoms with E-state index in [-0.39, 0.29) is 17.3 Å². The summed E-state index contributed by atoms with van der Waals surface area (Å²) in [4.78, 5) is 15.8. The van der Waals surface area contributed by atoms with Crippen LogP contribution >= 0.6 is 0 Å². The second kappa shape index (κ2) is 7.92. The van der Waals surface area contributed by atoms with E-state index in [1.165, 1.54) is 12.1 Å². The van der Waals surface area contributed by atoms with E-state index in [2.05, 4.69) is 4.98 Å². The van der Waals surface area contributed by atoms with Crippen LogP contribution in [0.25, 0.3) is 21.9 Å². The van der Waals surface area contributed by atoms with Gasteiger partial charge in [0.15, 0.2) is 0 Å². The lowest BCUT2D eigenvalue weighted by molar-refractivity contribution is 0.310. The quantitative estimate of drug-likeness (QED) is 0.454. The lowest BCUT2D eigenvalue weighted by Crippen LogP contribution is -2.13. The van der Waals surface area contributed by atoms with Crippen molar-refractivity contribution in [3.05, 3.63) is 100 Å². The summed E-state index contributed by atoms with van der Waals surface area (Å²) in [7, 11) is 0. The number of hydrogen-bond acceptors (Lipinski definition) is 2. The Morgan fingerprint density at radius 3 is 2.34 bits per heavy atom. The predicted molar refractivity (Wildman–Crippen MR) is 115 cm³/mol. The average Bonchev–Trinajstić information content (AvgIpc) is 2.73. The van der Waals surface area contributed by atoms with Gasteiger partial charge in [-0.3, -0.25) is 4.79 Å². The maximum atomic E-state index is 13.5. The number of fused-ring (bicyclic) bond motifs is 1. The van der Waals surface area contributed by atoms with E-state index >= 15 is 0 Å². The monoisotopic (exact) mass is 387 g/mol. The molecule has 0 aliphatic rings. The van der Waals surface area contributed by atoms with Crippen LogP contribution in [0.5, 0.6) is 5.75 Å². The summed E-state index contributed by atoms with van der Waals surface area (Å²) in [6.45, 7) is 4.45. The zero-order valence-electron chi connectivity index (χ0n) is 16.4. The molecule has 0 aliphatic carbocycles. The summed E-state index contributed by atoms with van der Waals surface area (Å²) in [5.74, 6) is 0.419. The van der Waals surface area contributed by atoms with Gasteiger partial charge in [0, 0.05) is 16.6 Å². The third kappa shape index (κ3) is 3.79. The molecular formula is C25H22FNO2. The highest BCUT2D eigenvalue weighted by atomic mass is 19.1. The zero-order chi connectivity index (χ0) is 20.4. The van der Waals surface area contributed by atoms with E-state index in [1.54, 1.807) is 18.2 Å². The number of halogens is 1. The molecule has 0 spiro atoms. The van der Waals surface area contributed by atoms with Gasteiger partial charge in [0.2, 0.25) is 0 Å². The van der Waals surface area contributed by atoms with Gasteiger partial charge < -0.3 is 9.72 Å². The fraction of sp³-hybridized carbons (Fsp3) is 0.160. The molecule has 0 unspecified atom stereocenters. The number of ether oxygens (including phenoxy) is 1. The van der Waals surface area contributed by atoms with E-state index in [1.807, 2.05) is 56.3 Å². The molecule has 0 atom stereocenters. The van der Waals surface area contributed by atoms with Crippen molar-refractivity contribution in [2.75, 3.05) is 0 Å². The highest BCUT2D eigenvalue weighted by molar-refractivity contribution is 6.01. The van der Waals surface area contributed by atoms with E-state index < -0.39 is 0 Å². The van der Waals surface area contributed by atoms with Crippen LogP contribution in [0, 0.1) is 5.82 Å². The van der Waals surface area contributed by atoms with Crippen LogP contribution in [-0.4, -0.2) is 4.98 Å². The first-order valence-corrected chi connectivity index (χ1v) is 9.66. The normalized spacial score (nSPS) is 11.2. The molecule has 29 heavy (non-hydrogen) atoms. The van der Waals surface area contributed by atoms with Gasteiger partial charge in [-0.25, -0.2) is 4.39 Å². The van der Waals surface area contributed by atoms with Crippen molar-refractivity contribution in [2.45, 2.75) is 26.4 Å². The first-order valence-electron chi connectivity index (χ1n) is 9.66. The number of hydrogen-bond donors (Lipinski definition) is 1. The van der Waals surface area contributed by atoms with Gasteiger partial charge in [-0.1, -0.05) is 62.4 Å². The Morgan fingerprint density at radius 2 is 1.66 bits per heavy atom. The van der Waals surface area contributed by atoms with Crippen LogP contribution in [-0.2, 0) is 6.61 Å². The van der Waals surface area contributed by atoms with Crippen LogP contribution in [0.3, 0.4) is 0 Å². The molecule has 1 N–H and O–H groups in total. The van der Waals surface area contributed by atoms with Crippen LogP contribution < -0.4 is 10.3 Å². The van der Waals surface area contributed by atoms with Gasteiger partial charge in [-0.2, -0.15) is 0 Å². The smallest absolute Gasteiger partial charge is 0.256 e. The Morgan fingerprint density at radius 1 is 0.931 bits per heavy atom. The molecule has 0 amide bonds. The summed E-state index contributed by atoms with van der Waals surface area (Å²) >= 11 is 0. The molecule has 0 fully saturated rings. The van der Waals surface area contributed by atoms with Crippen LogP contribution in [0.4, 0.5) is 4.39 Å². The summed E-state index contributed by atoms with van der Waals surface area (Å²) in [6.07, 6.45) is 0. The number of benzene rings is 3. The predicted octanol–water partition coefficient (Wildman–Crippen LogP) is 6.04. The second-order valence-corrected chi connectivity index (χ2v) is 7.36. The topological polar surface area (TPSA) is 42.1 Å². The van der Waals surface area contributed by atoms with Gasteiger partial charge in [-0.05, 0) is 41.3 Å². The van der Waals surface area contributed by atoms with Crippen LogP contribution in [0.2, 0.25) is 0 Å². The van der Waals surface area contributed by atoms with E-state index in [0.29, 0.717) is 17.7 Å². The van der Waals surface area contributed by atoms with E-state index in [0.717, 1.165) is 27.8 Å². The summed E-state index contributed by atoms with van der Waals surface area (Å²) < 4.78 is 19.7. The number of H-pyrrole nitrogens is 1. The highest BCUT2D eigenvalue weighted by Crippen LogP contribution is 2.38. The maximum Gasteiger partial charge on any atom is 0.256 e. The minimum absolute atomic E-state index is 0.0781. The molecule has 0 saturated heterocycles. The lowest BCUT2D eigenvalue weighted by Gasteiger charge is -2.18. The summed E-state index contributed by atoms with van der Waals surface area (Å²) in [5, 5.41) is 1.31. The number of aromatic amines is 1. The van der Waals surface area contributed by atoms with E-state index in [9.17, 15) is 9.18 Å². The molecule has 3 nitrogen and oxygen atoms in total. The molecule has 0 saturated carbocycles. The number of rotatable bonds is 5. The number of aromatic nitrogens is 1. The summed E-state index contributed by atoms with van der Waals surface area (Å²) in [6, 6.07) is 21.7. The second-order valence-electron chi connectivity index (χ2n) is 7.36. The van der Waals surface area contributed by atoms with Gasteiger partial charge >= 0.3 is 0 Å². The molecule has 4 rings (SSSR count). The molecule has 1 heterocycles. The SMILES string of the molecule is CC(C)c1[nH]c(=O)c2cccc(OCc3ccccc3)c2c1-c1ccc(F)cc1. The minimum Gasteiger partial charge on any atom is -0.488 e. The molecule has 0 radical (unpaired) electrons. The first kappa shape index (κ1) is 18.9. The van der Waals surface area contributed by atoms with Crippen molar-refractivity contribution in [1.82, 2.24) is 4.98 Å². The number of pyridine rings is 1. The maximum absolute atomic E-state index is 13.5. The Bertz CT molecular complexity index is 1200. The Balaban J connectivity index is 1.95.